The van der Waals surface area contributed by atoms with Crippen molar-refractivity contribution in [2.45, 2.75) is 32.8 Å². The van der Waals surface area contributed by atoms with E-state index in [1.807, 2.05) is 19.9 Å². The van der Waals surface area contributed by atoms with Crippen LogP contribution in [0.25, 0.3) is 0 Å². The van der Waals surface area contributed by atoms with Crippen molar-refractivity contribution < 1.29 is 14.6 Å². The van der Waals surface area contributed by atoms with Crippen molar-refractivity contribution in [1.82, 2.24) is 5.32 Å². The van der Waals surface area contributed by atoms with Crippen molar-refractivity contribution in [3.8, 4) is 5.75 Å². The highest BCUT2D eigenvalue weighted by Gasteiger charge is 2.08. The van der Waals surface area contributed by atoms with Gasteiger partial charge in [-0.05, 0) is 31.0 Å². The van der Waals surface area contributed by atoms with Crippen molar-refractivity contribution in [2.75, 3.05) is 13.2 Å². The molecule has 1 amide bonds. The molecule has 1 rings (SSSR count). The molecule has 0 aromatic heterocycles. The van der Waals surface area contributed by atoms with Crippen LogP contribution in [0.1, 0.15) is 37.0 Å². The predicted molar refractivity (Wildman–Crippen MR) is 70.9 cm³/mol. The average molecular weight is 251 g/mol. The van der Waals surface area contributed by atoms with E-state index >= 15 is 0 Å². The molecule has 0 fully saturated rings. The Kier molecular flexibility index (Phi) is 6.22. The lowest BCUT2D eigenvalue weighted by atomic mass is 10.2. The molecule has 0 saturated carbocycles. The van der Waals surface area contributed by atoms with E-state index in [0.29, 0.717) is 24.3 Å². The third kappa shape index (κ3) is 4.75. The van der Waals surface area contributed by atoms with E-state index in [-0.39, 0.29) is 12.5 Å². The lowest BCUT2D eigenvalue weighted by Crippen LogP contribution is -2.31. The van der Waals surface area contributed by atoms with E-state index in [1.165, 1.54) is 0 Å². The van der Waals surface area contributed by atoms with E-state index in [0.717, 1.165) is 6.42 Å². The predicted octanol–water partition coefficient (Wildman–Crippen LogP) is 1.98. The van der Waals surface area contributed by atoms with Gasteiger partial charge in [0.25, 0.3) is 5.91 Å². The minimum Gasteiger partial charge on any atom is -0.494 e. The summed E-state index contributed by atoms with van der Waals surface area (Å²) in [6.45, 7) is 4.81. The van der Waals surface area contributed by atoms with Crippen molar-refractivity contribution in [3.05, 3.63) is 29.8 Å². The molecule has 0 radical (unpaired) electrons. The van der Waals surface area contributed by atoms with E-state index in [9.17, 15) is 9.90 Å². The molecule has 0 bridgehead atoms. The number of aliphatic hydroxyl groups is 1. The van der Waals surface area contributed by atoms with Crippen LogP contribution in [0.5, 0.6) is 5.75 Å². The molecule has 1 unspecified atom stereocenters. The molecule has 4 nitrogen and oxygen atoms in total. The number of aliphatic hydroxyl groups excluding tert-OH is 1. The third-order valence-corrected chi connectivity index (χ3v) is 2.54. The highest BCUT2D eigenvalue weighted by molar-refractivity contribution is 5.94. The molecule has 18 heavy (non-hydrogen) atoms. The van der Waals surface area contributed by atoms with Crippen molar-refractivity contribution in [1.29, 1.82) is 0 Å². The number of nitrogens with one attached hydrogen (secondary N) is 1. The van der Waals surface area contributed by atoms with Gasteiger partial charge in [-0.15, -0.1) is 0 Å². The molecule has 0 saturated heterocycles. The second kappa shape index (κ2) is 7.71. The number of amides is 1. The second-order valence-corrected chi connectivity index (χ2v) is 4.15. The Balaban J connectivity index is 2.56. The van der Waals surface area contributed by atoms with Gasteiger partial charge in [-0.2, -0.15) is 0 Å². The Bertz CT molecular complexity index is 379. The van der Waals surface area contributed by atoms with Crippen LogP contribution in [0.3, 0.4) is 0 Å². The average Bonchev–Trinajstić information content (AvgIpc) is 2.42. The second-order valence-electron chi connectivity index (χ2n) is 4.15. The van der Waals surface area contributed by atoms with Crippen LogP contribution in [0.15, 0.2) is 24.3 Å². The summed E-state index contributed by atoms with van der Waals surface area (Å²) in [6, 6.07) is 7.05. The maximum absolute atomic E-state index is 11.8. The van der Waals surface area contributed by atoms with Gasteiger partial charge < -0.3 is 15.2 Å². The van der Waals surface area contributed by atoms with Crippen LogP contribution in [-0.2, 0) is 0 Å². The topological polar surface area (TPSA) is 58.6 Å². The molecule has 2 N–H and O–H groups in total. The molecule has 0 spiro atoms. The van der Waals surface area contributed by atoms with Crippen molar-refractivity contribution >= 4 is 5.91 Å². The fourth-order valence-corrected chi connectivity index (χ4v) is 1.40. The minimum atomic E-state index is -0.492. The zero-order valence-corrected chi connectivity index (χ0v) is 11.0. The number of carbonyl (C=O) groups excluding carboxylic acids is 1. The van der Waals surface area contributed by atoms with Crippen LogP contribution >= 0.6 is 0 Å². The van der Waals surface area contributed by atoms with E-state index < -0.39 is 6.10 Å². The first-order chi connectivity index (χ1) is 8.67. The number of rotatable bonds is 7. The largest absolute Gasteiger partial charge is 0.494 e. The number of ether oxygens (including phenoxy) is 1. The van der Waals surface area contributed by atoms with Gasteiger partial charge in [0.1, 0.15) is 5.75 Å². The summed E-state index contributed by atoms with van der Waals surface area (Å²) < 4.78 is 5.46. The van der Waals surface area contributed by atoms with Crippen molar-refractivity contribution in [2.24, 2.45) is 0 Å². The van der Waals surface area contributed by atoms with Crippen LogP contribution in [0.2, 0.25) is 0 Å². The number of carbonyl (C=O) groups is 1. The summed E-state index contributed by atoms with van der Waals surface area (Å²) in [5.74, 6) is 0.505. The maximum Gasteiger partial charge on any atom is 0.251 e. The van der Waals surface area contributed by atoms with Crippen LogP contribution in [0.4, 0.5) is 0 Å². The molecule has 4 heteroatoms. The highest BCUT2D eigenvalue weighted by Crippen LogP contribution is 2.13. The first-order valence-corrected chi connectivity index (χ1v) is 6.36. The van der Waals surface area contributed by atoms with Gasteiger partial charge in [0.05, 0.1) is 12.7 Å². The third-order valence-electron chi connectivity index (χ3n) is 2.54. The van der Waals surface area contributed by atoms with Gasteiger partial charge in [-0.3, -0.25) is 4.79 Å². The summed E-state index contributed by atoms with van der Waals surface area (Å²) >= 11 is 0. The first-order valence-electron chi connectivity index (χ1n) is 6.36. The SMILES string of the molecule is CCCOc1cccc(C(=O)NCC(O)CC)c1. The minimum absolute atomic E-state index is 0.190. The molecule has 0 heterocycles. The molecule has 0 aliphatic rings. The summed E-state index contributed by atoms with van der Waals surface area (Å²) in [5, 5.41) is 12.1. The Morgan fingerprint density at radius 3 is 2.89 bits per heavy atom. The van der Waals surface area contributed by atoms with Gasteiger partial charge in [0, 0.05) is 12.1 Å². The molecular weight excluding hydrogens is 230 g/mol. The van der Waals surface area contributed by atoms with E-state index in [2.05, 4.69) is 5.32 Å². The van der Waals surface area contributed by atoms with Crippen molar-refractivity contribution in [3.63, 3.8) is 0 Å². The number of benzene rings is 1. The lowest BCUT2D eigenvalue weighted by molar-refractivity contribution is 0.0913. The number of hydrogen-bond acceptors (Lipinski definition) is 3. The van der Waals surface area contributed by atoms with Crippen LogP contribution in [-0.4, -0.2) is 30.3 Å². The molecule has 1 atom stereocenters. The van der Waals surface area contributed by atoms with Gasteiger partial charge in [-0.1, -0.05) is 19.9 Å². The summed E-state index contributed by atoms with van der Waals surface area (Å²) in [5.41, 5.74) is 0.548. The normalized spacial score (nSPS) is 11.9. The molecule has 0 aliphatic carbocycles. The Labute approximate surface area is 108 Å². The first kappa shape index (κ1) is 14.5. The monoisotopic (exact) mass is 251 g/mol. The summed E-state index contributed by atoms with van der Waals surface area (Å²) in [6.07, 6.45) is 1.06. The van der Waals surface area contributed by atoms with Gasteiger partial charge in [-0.25, -0.2) is 0 Å². The molecule has 1 aromatic rings. The quantitative estimate of drug-likeness (QED) is 0.779. The maximum atomic E-state index is 11.8. The summed E-state index contributed by atoms with van der Waals surface area (Å²) in [7, 11) is 0. The summed E-state index contributed by atoms with van der Waals surface area (Å²) in [4.78, 5) is 11.8. The Morgan fingerprint density at radius 2 is 2.22 bits per heavy atom. The fraction of sp³-hybridized carbons (Fsp3) is 0.500. The highest BCUT2D eigenvalue weighted by atomic mass is 16.5. The lowest BCUT2D eigenvalue weighted by Gasteiger charge is -2.10. The zero-order valence-electron chi connectivity index (χ0n) is 11.0. The van der Waals surface area contributed by atoms with E-state index in [1.54, 1.807) is 18.2 Å². The van der Waals surface area contributed by atoms with Gasteiger partial charge in [0.15, 0.2) is 0 Å². The Hall–Kier alpha value is -1.55. The fourth-order valence-electron chi connectivity index (χ4n) is 1.40. The van der Waals surface area contributed by atoms with Gasteiger partial charge in [0.2, 0.25) is 0 Å². The molecule has 100 valence electrons. The smallest absolute Gasteiger partial charge is 0.251 e. The van der Waals surface area contributed by atoms with E-state index in [4.69, 9.17) is 4.74 Å². The van der Waals surface area contributed by atoms with Gasteiger partial charge >= 0.3 is 0 Å². The molecular formula is C14H21NO3. The number of hydrogen-bond donors (Lipinski definition) is 2. The standard InChI is InChI=1S/C14H21NO3/c1-3-8-18-13-7-5-6-11(9-13)14(17)15-10-12(16)4-2/h5-7,9,12,16H,3-4,8,10H2,1-2H3,(H,15,17). The van der Waals surface area contributed by atoms with Crippen LogP contribution < -0.4 is 10.1 Å². The molecule has 0 aliphatic heterocycles. The molecule has 1 aromatic carbocycles. The van der Waals surface area contributed by atoms with Crippen LogP contribution in [0, 0.1) is 0 Å². The Morgan fingerprint density at radius 1 is 1.44 bits per heavy atom. The zero-order chi connectivity index (χ0) is 13.4.